The van der Waals surface area contributed by atoms with Crippen molar-refractivity contribution in [2.75, 3.05) is 0 Å². The molecule has 29 heavy (non-hydrogen) atoms. The predicted octanol–water partition coefficient (Wildman–Crippen LogP) is 2.35. The van der Waals surface area contributed by atoms with Crippen molar-refractivity contribution < 1.29 is 9.90 Å². The average Bonchev–Trinajstić information content (AvgIpc) is 2.67. The third-order valence-corrected chi connectivity index (χ3v) is 4.58. The summed E-state index contributed by atoms with van der Waals surface area (Å²) in [5.74, 6) is -1.17. The molecule has 3 rings (SSSR count). The number of nitrogens with one attached hydrogen (secondary N) is 2. The lowest BCUT2D eigenvalue weighted by atomic mass is 10.1. The van der Waals surface area contributed by atoms with Gasteiger partial charge in [-0.1, -0.05) is 41.9 Å². The minimum Gasteiger partial charge on any atom is -0.493 e. The molecule has 0 spiro atoms. The Morgan fingerprint density at radius 1 is 1.14 bits per heavy atom. The number of aromatic hydroxyl groups is 1. The van der Waals surface area contributed by atoms with Crippen LogP contribution in [0.4, 0.5) is 0 Å². The Bertz CT molecular complexity index is 1240. The van der Waals surface area contributed by atoms with Crippen LogP contribution >= 0.6 is 11.6 Å². The van der Waals surface area contributed by atoms with Gasteiger partial charge in [0.2, 0.25) is 5.88 Å². The first-order valence-corrected chi connectivity index (χ1v) is 8.93. The summed E-state index contributed by atoms with van der Waals surface area (Å²) in [6.45, 7) is 3.18. The van der Waals surface area contributed by atoms with Crippen LogP contribution in [-0.2, 0) is 0 Å². The number of aryl methyl sites for hydroxylation is 1. The number of hydrogen-bond acceptors (Lipinski definition) is 5. The molecule has 0 unspecified atom stereocenters. The molecule has 9 heteroatoms. The van der Waals surface area contributed by atoms with Gasteiger partial charge in [-0.15, -0.1) is 0 Å². The number of halogens is 1. The molecule has 0 bridgehead atoms. The molecular weight excluding hydrogens is 396 g/mol. The van der Waals surface area contributed by atoms with Gasteiger partial charge in [0, 0.05) is 0 Å². The first kappa shape index (κ1) is 20.1. The third-order valence-electron chi connectivity index (χ3n) is 4.25. The van der Waals surface area contributed by atoms with Gasteiger partial charge in [-0.25, -0.2) is 14.8 Å². The van der Waals surface area contributed by atoms with E-state index in [1.165, 1.54) is 13.0 Å². The number of para-hydroxylation sites is 1. The fraction of sp³-hybridized carbons (Fsp3) is 0.100. The number of carbonyl (C=O) groups excluding carboxylic acids is 1. The lowest BCUT2D eigenvalue weighted by Crippen LogP contribution is -2.33. The van der Waals surface area contributed by atoms with Crippen LogP contribution < -0.4 is 16.7 Å². The Hall–Kier alpha value is -3.65. The second kappa shape index (κ2) is 8.15. The largest absolute Gasteiger partial charge is 0.493 e. The number of amides is 1. The first-order chi connectivity index (χ1) is 13.8. The standard InChI is InChI=1S/C20H17ClN4O4/c1-11-7-3-6-10-15(11)25-19(28)16(18(27)22-20(25)29)12(2)23-24-17(26)13-8-4-5-9-14(13)21/h3-10,28H,1-2H3,(H,24,26)(H,22,27,29). The summed E-state index contributed by atoms with van der Waals surface area (Å²) in [7, 11) is 0. The molecule has 0 saturated heterocycles. The molecule has 0 radical (unpaired) electrons. The Balaban J connectivity index is 2.04. The monoisotopic (exact) mass is 412 g/mol. The van der Waals surface area contributed by atoms with E-state index in [0.29, 0.717) is 11.3 Å². The van der Waals surface area contributed by atoms with Gasteiger partial charge in [0.15, 0.2) is 0 Å². The predicted molar refractivity (Wildman–Crippen MR) is 110 cm³/mol. The summed E-state index contributed by atoms with van der Waals surface area (Å²) in [6.07, 6.45) is 0. The van der Waals surface area contributed by atoms with E-state index in [2.05, 4.69) is 15.5 Å². The van der Waals surface area contributed by atoms with Gasteiger partial charge < -0.3 is 5.11 Å². The van der Waals surface area contributed by atoms with Crippen LogP contribution in [0, 0.1) is 6.92 Å². The maximum absolute atomic E-state index is 12.3. The lowest BCUT2D eigenvalue weighted by Gasteiger charge is -2.13. The van der Waals surface area contributed by atoms with Crippen molar-refractivity contribution in [2.24, 2.45) is 5.10 Å². The van der Waals surface area contributed by atoms with E-state index in [9.17, 15) is 19.5 Å². The van der Waals surface area contributed by atoms with Crippen LogP contribution in [0.1, 0.15) is 28.4 Å². The van der Waals surface area contributed by atoms with E-state index < -0.39 is 23.0 Å². The molecule has 2 aromatic carbocycles. The second-order valence-corrected chi connectivity index (χ2v) is 6.60. The molecule has 1 aromatic heterocycles. The maximum Gasteiger partial charge on any atom is 0.335 e. The number of hydrogen-bond donors (Lipinski definition) is 3. The molecule has 3 aromatic rings. The zero-order valence-electron chi connectivity index (χ0n) is 15.6. The number of hydrazone groups is 1. The zero-order chi connectivity index (χ0) is 21.1. The number of aromatic nitrogens is 2. The summed E-state index contributed by atoms with van der Waals surface area (Å²) in [5, 5.41) is 14.8. The Labute approximate surface area is 170 Å². The number of carbonyl (C=O) groups is 1. The minimum atomic E-state index is -0.828. The number of nitrogens with zero attached hydrogens (tertiary/aromatic N) is 2. The van der Waals surface area contributed by atoms with Crippen molar-refractivity contribution in [3.05, 3.63) is 91.1 Å². The first-order valence-electron chi connectivity index (χ1n) is 8.55. The van der Waals surface area contributed by atoms with Gasteiger partial charge in [0.05, 0.1) is 22.0 Å². The van der Waals surface area contributed by atoms with Crippen LogP contribution in [0.3, 0.4) is 0 Å². The number of rotatable bonds is 4. The van der Waals surface area contributed by atoms with E-state index in [1.54, 1.807) is 49.4 Å². The molecule has 8 nitrogen and oxygen atoms in total. The third kappa shape index (κ3) is 3.97. The van der Waals surface area contributed by atoms with E-state index >= 15 is 0 Å². The van der Waals surface area contributed by atoms with Crippen LogP contribution in [0.25, 0.3) is 5.69 Å². The van der Waals surface area contributed by atoms with Crippen LogP contribution in [0.2, 0.25) is 5.02 Å². The zero-order valence-corrected chi connectivity index (χ0v) is 16.3. The van der Waals surface area contributed by atoms with E-state index in [1.807, 2.05) is 0 Å². The van der Waals surface area contributed by atoms with Crippen molar-refractivity contribution >= 4 is 23.2 Å². The molecule has 0 saturated carbocycles. The summed E-state index contributed by atoms with van der Waals surface area (Å²) in [5.41, 5.74) is 1.75. The SMILES string of the molecule is CC(=NNC(=O)c1ccccc1Cl)c1c(O)n(-c2ccccc2C)c(=O)[nH]c1=O. The highest BCUT2D eigenvalue weighted by molar-refractivity contribution is 6.33. The van der Waals surface area contributed by atoms with Gasteiger partial charge in [-0.05, 0) is 37.6 Å². The van der Waals surface area contributed by atoms with Gasteiger partial charge in [0.1, 0.15) is 5.56 Å². The number of H-pyrrole nitrogens is 1. The topological polar surface area (TPSA) is 117 Å². The molecule has 0 fully saturated rings. The fourth-order valence-corrected chi connectivity index (χ4v) is 3.01. The Morgan fingerprint density at radius 2 is 1.79 bits per heavy atom. The average molecular weight is 413 g/mol. The molecule has 0 atom stereocenters. The van der Waals surface area contributed by atoms with Crippen LogP contribution in [0.5, 0.6) is 5.88 Å². The molecule has 0 aliphatic heterocycles. The van der Waals surface area contributed by atoms with Crippen molar-refractivity contribution in [3.8, 4) is 11.6 Å². The van der Waals surface area contributed by atoms with Crippen molar-refractivity contribution in [1.82, 2.24) is 15.0 Å². The summed E-state index contributed by atoms with van der Waals surface area (Å²) >= 11 is 5.98. The van der Waals surface area contributed by atoms with E-state index in [4.69, 9.17) is 11.6 Å². The molecule has 3 N–H and O–H groups in total. The summed E-state index contributed by atoms with van der Waals surface area (Å²) in [4.78, 5) is 39.0. The fourth-order valence-electron chi connectivity index (χ4n) is 2.79. The summed E-state index contributed by atoms with van der Waals surface area (Å²) < 4.78 is 0.973. The van der Waals surface area contributed by atoms with Crippen molar-refractivity contribution in [2.45, 2.75) is 13.8 Å². The van der Waals surface area contributed by atoms with Crippen molar-refractivity contribution in [1.29, 1.82) is 0 Å². The number of benzene rings is 2. The normalized spacial score (nSPS) is 11.3. The molecule has 0 aliphatic carbocycles. The van der Waals surface area contributed by atoms with Gasteiger partial charge in [0.25, 0.3) is 11.5 Å². The van der Waals surface area contributed by atoms with Gasteiger partial charge >= 0.3 is 5.69 Å². The van der Waals surface area contributed by atoms with E-state index in [-0.39, 0.29) is 21.9 Å². The maximum atomic E-state index is 12.3. The Morgan fingerprint density at radius 3 is 2.48 bits per heavy atom. The number of aromatic amines is 1. The molecular formula is C20H17ClN4O4. The quantitative estimate of drug-likeness (QED) is 0.450. The highest BCUT2D eigenvalue weighted by atomic mass is 35.5. The highest BCUT2D eigenvalue weighted by Gasteiger charge is 2.19. The van der Waals surface area contributed by atoms with Crippen LogP contribution in [-0.4, -0.2) is 26.3 Å². The van der Waals surface area contributed by atoms with Gasteiger partial charge in [-0.2, -0.15) is 5.10 Å². The molecule has 1 heterocycles. The lowest BCUT2D eigenvalue weighted by molar-refractivity contribution is 0.0955. The van der Waals surface area contributed by atoms with Crippen molar-refractivity contribution in [3.63, 3.8) is 0 Å². The Kier molecular flexibility index (Phi) is 5.65. The van der Waals surface area contributed by atoms with Crippen LogP contribution in [0.15, 0.2) is 63.2 Å². The van der Waals surface area contributed by atoms with Gasteiger partial charge in [-0.3, -0.25) is 14.6 Å². The van der Waals surface area contributed by atoms with E-state index in [0.717, 1.165) is 4.57 Å². The summed E-state index contributed by atoms with van der Waals surface area (Å²) in [6, 6.07) is 13.3. The highest BCUT2D eigenvalue weighted by Crippen LogP contribution is 2.20. The molecule has 0 aliphatic rings. The second-order valence-electron chi connectivity index (χ2n) is 6.20. The minimum absolute atomic E-state index is 0.00601. The molecule has 1 amide bonds. The smallest absolute Gasteiger partial charge is 0.335 e. The molecule has 148 valence electrons.